The predicted octanol–water partition coefficient (Wildman–Crippen LogP) is 8.48. The van der Waals surface area contributed by atoms with E-state index in [2.05, 4.69) is 5.32 Å². The number of rotatable bonds is 5. The Balaban J connectivity index is 0.000000441. The van der Waals surface area contributed by atoms with Crippen molar-refractivity contribution in [2.24, 2.45) is 0 Å². The van der Waals surface area contributed by atoms with E-state index < -0.39 is 70.1 Å². The molecular formula is C29H27F9N2O5S. The first-order valence-corrected chi connectivity index (χ1v) is 14.8. The van der Waals surface area contributed by atoms with Crippen molar-refractivity contribution in [3.05, 3.63) is 94.0 Å². The van der Waals surface area contributed by atoms with Crippen molar-refractivity contribution in [3.63, 3.8) is 0 Å². The van der Waals surface area contributed by atoms with Crippen LogP contribution in [0.1, 0.15) is 59.2 Å². The topological polar surface area (TPSA) is 107 Å². The molecule has 3 aromatic carbocycles. The van der Waals surface area contributed by atoms with Gasteiger partial charge in [0.25, 0.3) is 10.1 Å². The van der Waals surface area contributed by atoms with E-state index in [1.807, 2.05) is 6.92 Å². The highest BCUT2D eigenvalue weighted by molar-refractivity contribution is 7.85. The molecule has 252 valence electrons. The van der Waals surface area contributed by atoms with Gasteiger partial charge < -0.3 is 10.4 Å². The molecule has 0 saturated heterocycles. The van der Waals surface area contributed by atoms with Gasteiger partial charge in [-0.1, -0.05) is 24.6 Å². The normalized spacial score (nSPS) is 17.2. The Morgan fingerprint density at radius 2 is 1.37 bits per heavy atom. The lowest BCUT2D eigenvalue weighted by Crippen LogP contribution is -2.46. The summed E-state index contributed by atoms with van der Waals surface area (Å²) in [5, 5.41) is 12.3. The van der Waals surface area contributed by atoms with Gasteiger partial charge in [0.15, 0.2) is 0 Å². The quantitative estimate of drug-likeness (QED) is 0.184. The average molecular weight is 687 g/mol. The summed E-state index contributed by atoms with van der Waals surface area (Å²) in [4.78, 5) is 12.6. The average Bonchev–Trinajstić information content (AvgIpc) is 2.93. The van der Waals surface area contributed by atoms with Crippen LogP contribution in [0.4, 0.5) is 50.0 Å². The summed E-state index contributed by atoms with van der Waals surface area (Å²) >= 11 is 0. The molecule has 1 aliphatic heterocycles. The van der Waals surface area contributed by atoms with Gasteiger partial charge in [0, 0.05) is 18.6 Å². The second kappa shape index (κ2) is 13.5. The lowest BCUT2D eigenvalue weighted by Gasteiger charge is -2.39. The van der Waals surface area contributed by atoms with Crippen LogP contribution in [0, 0.1) is 6.92 Å². The van der Waals surface area contributed by atoms with Gasteiger partial charge in [-0.3, -0.25) is 9.45 Å². The van der Waals surface area contributed by atoms with E-state index in [1.54, 1.807) is 19.1 Å². The van der Waals surface area contributed by atoms with E-state index in [4.69, 9.17) is 4.55 Å². The first kappa shape index (κ1) is 36.6. The van der Waals surface area contributed by atoms with E-state index in [1.165, 1.54) is 12.1 Å². The minimum Gasteiger partial charge on any atom is -0.465 e. The van der Waals surface area contributed by atoms with Crippen molar-refractivity contribution in [3.8, 4) is 0 Å². The number of carbonyl (C=O) groups is 1. The third-order valence-corrected chi connectivity index (χ3v) is 7.93. The molecule has 0 bridgehead atoms. The van der Waals surface area contributed by atoms with E-state index in [9.17, 15) is 57.8 Å². The molecular weight excluding hydrogens is 659 g/mol. The lowest BCUT2D eigenvalue weighted by atomic mass is 9.88. The molecule has 4 rings (SSSR count). The van der Waals surface area contributed by atoms with E-state index in [-0.39, 0.29) is 40.6 Å². The molecule has 0 saturated carbocycles. The van der Waals surface area contributed by atoms with Crippen LogP contribution >= 0.6 is 0 Å². The fourth-order valence-corrected chi connectivity index (χ4v) is 5.28. The fourth-order valence-electron chi connectivity index (χ4n) is 4.80. The highest BCUT2D eigenvalue weighted by Gasteiger charge is 2.39. The molecule has 1 amide bonds. The van der Waals surface area contributed by atoms with Crippen LogP contribution in [0.2, 0.25) is 0 Å². The Morgan fingerprint density at radius 1 is 0.848 bits per heavy atom. The molecule has 0 fully saturated rings. The summed E-state index contributed by atoms with van der Waals surface area (Å²) < 4.78 is 148. The summed E-state index contributed by atoms with van der Waals surface area (Å²) in [6, 6.07) is 7.83. The van der Waals surface area contributed by atoms with Crippen LogP contribution in [-0.4, -0.2) is 30.2 Å². The number of halogens is 9. The molecule has 3 N–H and O–H groups in total. The van der Waals surface area contributed by atoms with Crippen LogP contribution in [-0.2, 0) is 35.2 Å². The van der Waals surface area contributed by atoms with Crippen molar-refractivity contribution >= 4 is 21.9 Å². The minimum absolute atomic E-state index is 0.0210. The number of aryl methyl sites for hydroxylation is 1. The monoisotopic (exact) mass is 686 g/mol. The fraction of sp³-hybridized carbons (Fsp3) is 0.345. The van der Waals surface area contributed by atoms with Crippen LogP contribution in [0.3, 0.4) is 0 Å². The van der Waals surface area contributed by atoms with Gasteiger partial charge in [0.1, 0.15) is 0 Å². The van der Waals surface area contributed by atoms with Crippen molar-refractivity contribution in [2.75, 3.05) is 4.90 Å². The summed E-state index contributed by atoms with van der Waals surface area (Å²) in [5.74, 6) is 0. The second-order valence-corrected chi connectivity index (χ2v) is 11.8. The third kappa shape index (κ3) is 9.13. The number of hydrogen-bond donors (Lipinski definition) is 3. The number of carboxylic acid groups (broad SMARTS) is 1. The molecule has 3 aromatic rings. The van der Waals surface area contributed by atoms with Gasteiger partial charge in [0.05, 0.1) is 27.3 Å². The molecule has 1 aliphatic rings. The first-order valence-electron chi connectivity index (χ1n) is 13.3. The molecule has 0 aromatic heterocycles. The number of benzene rings is 3. The van der Waals surface area contributed by atoms with Gasteiger partial charge >= 0.3 is 24.6 Å². The molecule has 46 heavy (non-hydrogen) atoms. The maximum Gasteiger partial charge on any atom is 0.416 e. The van der Waals surface area contributed by atoms with E-state index in [0.29, 0.717) is 18.2 Å². The molecule has 7 nitrogen and oxygen atoms in total. The van der Waals surface area contributed by atoms with E-state index >= 15 is 0 Å². The van der Waals surface area contributed by atoms with Crippen molar-refractivity contribution in [1.82, 2.24) is 5.32 Å². The molecule has 0 aliphatic carbocycles. The number of nitrogens with one attached hydrogen (secondary N) is 1. The van der Waals surface area contributed by atoms with Crippen LogP contribution in [0.5, 0.6) is 0 Å². The third-order valence-electron chi connectivity index (χ3n) is 7.06. The summed E-state index contributed by atoms with van der Waals surface area (Å²) in [7, 11) is -4.02. The number of amides is 1. The second-order valence-electron chi connectivity index (χ2n) is 10.4. The maximum absolute atomic E-state index is 13.3. The standard InChI is InChI=1S/C22H19F9N2O2.C7H8O3S/c1-2-15-9-17(16-8-12(20(23,24)25)3-4-18(16)33(15)19(34)35)32-10-11-5-13(21(26,27)28)7-14(6-11)22(29,30)31;1-6-2-4-7(5-3-6)11(8,9)10/h3-8,15,17,32H,2,9-10H2,1H3,(H,34,35);2-5H,1H3,(H,8,9,10)/t15-,17+;/m1./s1. The van der Waals surface area contributed by atoms with Gasteiger partial charge in [-0.05, 0) is 79.4 Å². The lowest BCUT2D eigenvalue weighted by molar-refractivity contribution is -0.143. The van der Waals surface area contributed by atoms with Gasteiger partial charge in [-0.25, -0.2) is 4.79 Å². The number of nitrogens with zero attached hydrogens (tertiary/aromatic N) is 1. The Hall–Kier alpha value is -3.83. The number of hydrogen-bond acceptors (Lipinski definition) is 4. The van der Waals surface area contributed by atoms with Crippen LogP contribution in [0.25, 0.3) is 0 Å². The molecule has 0 unspecified atom stereocenters. The van der Waals surface area contributed by atoms with Crippen molar-refractivity contribution in [2.45, 2.75) is 68.7 Å². The zero-order chi connectivity index (χ0) is 34.8. The van der Waals surface area contributed by atoms with Gasteiger partial charge in [-0.15, -0.1) is 0 Å². The van der Waals surface area contributed by atoms with Crippen molar-refractivity contribution in [1.29, 1.82) is 0 Å². The molecule has 2 atom stereocenters. The minimum atomic E-state index is -5.05. The van der Waals surface area contributed by atoms with Crippen LogP contribution < -0.4 is 10.2 Å². The predicted molar refractivity (Wildman–Crippen MR) is 148 cm³/mol. The first-order chi connectivity index (χ1) is 21.0. The SMILES string of the molecule is CC[C@@H]1C[C@H](NCc2cc(C(F)(F)F)cc(C(F)(F)F)c2)c2cc(C(F)(F)F)ccc2N1C(=O)O.Cc1ccc(S(=O)(=O)O)cc1. The maximum atomic E-state index is 13.3. The Bertz CT molecular complexity index is 1620. The molecule has 17 heteroatoms. The Labute approximate surface area is 257 Å². The molecule has 0 radical (unpaired) electrons. The number of alkyl halides is 9. The van der Waals surface area contributed by atoms with Crippen molar-refractivity contribution < 1.29 is 62.4 Å². The summed E-state index contributed by atoms with van der Waals surface area (Å²) in [5.41, 5.74) is -3.64. The molecule has 0 spiro atoms. The summed E-state index contributed by atoms with van der Waals surface area (Å²) in [6.45, 7) is 2.96. The largest absolute Gasteiger partial charge is 0.465 e. The zero-order valence-electron chi connectivity index (χ0n) is 23.9. The van der Waals surface area contributed by atoms with Gasteiger partial charge in [0.2, 0.25) is 0 Å². The summed E-state index contributed by atoms with van der Waals surface area (Å²) in [6.07, 6.45) is -16.0. The number of anilines is 1. The van der Waals surface area contributed by atoms with E-state index in [0.717, 1.165) is 22.6 Å². The van der Waals surface area contributed by atoms with Crippen LogP contribution in [0.15, 0.2) is 65.6 Å². The Kier molecular flexibility index (Phi) is 10.7. The Morgan fingerprint density at radius 3 is 1.80 bits per heavy atom. The highest BCUT2D eigenvalue weighted by atomic mass is 32.2. The zero-order valence-corrected chi connectivity index (χ0v) is 24.7. The van der Waals surface area contributed by atoms with Gasteiger partial charge in [-0.2, -0.15) is 47.9 Å². The smallest absolute Gasteiger partial charge is 0.416 e. The highest BCUT2D eigenvalue weighted by Crippen LogP contribution is 2.42. The molecule has 1 heterocycles. The number of fused-ring (bicyclic) bond motifs is 1.